The van der Waals surface area contributed by atoms with Gasteiger partial charge in [-0.2, -0.15) is 0 Å². The Morgan fingerprint density at radius 2 is 1.95 bits per heavy atom. The number of benzene rings is 2. The highest BCUT2D eigenvalue weighted by atomic mass is 19.1. The summed E-state index contributed by atoms with van der Waals surface area (Å²) in [4.78, 5) is 40.4. The normalized spacial score (nSPS) is 23.1. The van der Waals surface area contributed by atoms with Crippen LogP contribution in [0.3, 0.4) is 0 Å². The first-order valence-corrected chi connectivity index (χ1v) is 13.5. The molecular formula is C29H35FN4O5. The van der Waals surface area contributed by atoms with E-state index in [1.54, 1.807) is 30.3 Å². The summed E-state index contributed by atoms with van der Waals surface area (Å²) in [5, 5.41) is 16.4. The Morgan fingerprint density at radius 3 is 2.64 bits per heavy atom. The second-order valence-corrected chi connectivity index (χ2v) is 10.8. The maximum absolute atomic E-state index is 15.1. The van der Waals surface area contributed by atoms with Gasteiger partial charge in [0.2, 0.25) is 11.8 Å². The van der Waals surface area contributed by atoms with E-state index in [4.69, 9.17) is 4.74 Å². The zero-order valence-electron chi connectivity index (χ0n) is 22.3. The number of halogens is 1. The number of imide groups is 1. The summed E-state index contributed by atoms with van der Waals surface area (Å²) in [6.45, 7) is 7.49. The molecule has 0 bridgehead atoms. The molecule has 5 rings (SSSR count). The Labute approximate surface area is 227 Å². The highest BCUT2D eigenvalue weighted by Gasteiger charge is 2.45. The summed E-state index contributed by atoms with van der Waals surface area (Å²) in [7, 11) is 0. The standard InChI is InChI=1S/C29H35FN4O5/c1-3-39-29(2)11-13-33(14-12-29)17-18-7-8-19(21(30)15-18)16-31-22-6-4-5-20-25(22)28(38)34(27(20)37)23-9-10-24(35)32-26(23)36/h4-8,15,23,28,31,38H,3,9-14,16-17H2,1-2H3,(H,32,35,36). The minimum absolute atomic E-state index is 0.0826. The SMILES string of the molecule is CCOC1(C)CCN(Cc2ccc(CNc3cccc4c3C(O)N(C3CCC(=O)NC3=O)C4=O)c(F)c2)CC1. The molecule has 0 aliphatic carbocycles. The van der Waals surface area contributed by atoms with Crippen LogP contribution in [0.1, 0.15) is 72.8 Å². The van der Waals surface area contributed by atoms with Crippen molar-refractivity contribution in [1.82, 2.24) is 15.1 Å². The Hall–Kier alpha value is -3.34. The lowest BCUT2D eigenvalue weighted by Gasteiger charge is -2.39. The minimum atomic E-state index is -1.36. The number of hydrogen-bond donors (Lipinski definition) is 3. The van der Waals surface area contributed by atoms with Gasteiger partial charge in [0.05, 0.1) is 5.60 Å². The van der Waals surface area contributed by atoms with Gasteiger partial charge in [-0.1, -0.05) is 18.2 Å². The van der Waals surface area contributed by atoms with Gasteiger partial charge in [-0.05, 0) is 56.9 Å². The van der Waals surface area contributed by atoms with Crippen LogP contribution in [0, 0.1) is 5.82 Å². The van der Waals surface area contributed by atoms with Gasteiger partial charge in [-0.15, -0.1) is 0 Å². The number of rotatable bonds is 8. The molecule has 2 unspecified atom stereocenters. The summed E-state index contributed by atoms with van der Waals surface area (Å²) in [5.74, 6) is -1.81. The lowest BCUT2D eigenvalue weighted by molar-refractivity contribution is -0.139. The predicted molar refractivity (Wildman–Crippen MR) is 142 cm³/mol. The van der Waals surface area contributed by atoms with Gasteiger partial charge in [0.1, 0.15) is 11.9 Å². The molecule has 2 saturated heterocycles. The van der Waals surface area contributed by atoms with Crippen molar-refractivity contribution in [1.29, 1.82) is 0 Å². The van der Waals surface area contributed by atoms with E-state index in [0.717, 1.165) is 36.4 Å². The van der Waals surface area contributed by atoms with E-state index in [9.17, 15) is 19.5 Å². The molecule has 3 aliphatic heterocycles. The van der Waals surface area contributed by atoms with Gasteiger partial charge >= 0.3 is 0 Å². The fourth-order valence-electron chi connectivity index (χ4n) is 5.79. The third-order valence-corrected chi connectivity index (χ3v) is 8.04. The van der Waals surface area contributed by atoms with Gasteiger partial charge in [0.15, 0.2) is 6.23 Å². The quantitative estimate of drug-likeness (QED) is 0.443. The first-order chi connectivity index (χ1) is 18.7. The summed E-state index contributed by atoms with van der Waals surface area (Å²) < 4.78 is 21.0. The average molecular weight is 539 g/mol. The van der Waals surface area contributed by atoms with E-state index in [0.29, 0.717) is 30.0 Å². The number of nitrogens with one attached hydrogen (secondary N) is 2. The second-order valence-electron chi connectivity index (χ2n) is 10.8. The summed E-state index contributed by atoms with van der Waals surface area (Å²) >= 11 is 0. The van der Waals surface area contributed by atoms with E-state index in [1.165, 1.54) is 0 Å². The van der Waals surface area contributed by atoms with Crippen LogP contribution < -0.4 is 10.6 Å². The van der Waals surface area contributed by atoms with E-state index in [2.05, 4.69) is 22.5 Å². The smallest absolute Gasteiger partial charge is 0.257 e. The van der Waals surface area contributed by atoms with E-state index in [-0.39, 0.29) is 36.4 Å². The van der Waals surface area contributed by atoms with Gasteiger partial charge < -0.3 is 15.2 Å². The van der Waals surface area contributed by atoms with Crippen LogP contribution in [-0.4, -0.2) is 64.0 Å². The molecule has 208 valence electrons. The Bertz CT molecular complexity index is 1280. The third kappa shape index (κ3) is 5.54. The van der Waals surface area contributed by atoms with Crippen LogP contribution in [-0.2, 0) is 27.4 Å². The van der Waals surface area contributed by atoms with Gasteiger partial charge in [-0.3, -0.25) is 29.5 Å². The first kappa shape index (κ1) is 27.2. The predicted octanol–water partition coefficient (Wildman–Crippen LogP) is 3.08. The Morgan fingerprint density at radius 1 is 1.18 bits per heavy atom. The summed E-state index contributed by atoms with van der Waals surface area (Å²) in [6, 6.07) is 9.28. The van der Waals surface area contributed by atoms with Crippen molar-refractivity contribution in [2.24, 2.45) is 0 Å². The monoisotopic (exact) mass is 538 g/mol. The zero-order chi connectivity index (χ0) is 27.7. The number of carbonyl (C=O) groups excluding carboxylic acids is 3. The van der Waals surface area contributed by atoms with Gasteiger partial charge in [0.25, 0.3) is 5.91 Å². The number of fused-ring (bicyclic) bond motifs is 1. The van der Waals surface area contributed by atoms with Crippen molar-refractivity contribution >= 4 is 23.4 Å². The zero-order valence-corrected chi connectivity index (χ0v) is 22.3. The van der Waals surface area contributed by atoms with Crippen molar-refractivity contribution in [3.05, 3.63) is 64.5 Å². The number of carbonyl (C=O) groups is 3. The molecule has 9 nitrogen and oxygen atoms in total. The van der Waals surface area contributed by atoms with Crippen molar-refractivity contribution in [2.45, 2.75) is 70.5 Å². The summed E-state index contributed by atoms with van der Waals surface area (Å²) in [5.41, 5.74) is 2.37. The maximum Gasteiger partial charge on any atom is 0.257 e. The first-order valence-electron chi connectivity index (χ1n) is 13.5. The highest BCUT2D eigenvalue weighted by molar-refractivity contribution is 6.06. The van der Waals surface area contributed by atoms with Crippen molar-refractivity contribution in [3.8, 4) is 0 Å². The number of aliphatic hydroxyl groups excluding tert-OH is 1. The molecule has 3 amide bonds. The fourth-order valence-corrected chi connectivity index (χ4v) is 5.79. The van der Waals surface area contributed by atoms with Gasteiger partial charge in [-0.25, -0.2) is 4.39 Å². The molecule has 0 radical (unpaired) electrons. The molecule has 10 heteroatoms. The van der Waals surface area contributed by atoms with Crippen LogP contribution in [0.4, 0.5) is 10.1 Å². The van der Waals surface area contributed by atoms with E-state index < -0.39 is 30.0 Å². The number of piperidine rings is 2. The minimum Gasteiger partial charge on any atom is -0.380 e. The molecular weight excluding hydrogens is 503 g/mol. The number of anilines is 1. The largest absolute Gasteiger partial charge is 0.380 e. The lowest BCUT2D eigenvalue weighted by atomic mass is 9.93. The number of hydrogen-bond acceptors (Lipinski definition) is 7. The fraction of sp³-hybridized carbons (Fsp3) is 0.483. The molecule has 2 fully saturated rings. The topological polar surface area (TPSA) is 111 Å². The molecule has 2 atom stereocenters. The summed E-state index contributed by atoms with van der Waals surface area (Å²) in [6.07, 6.45) is 0.768. The lowest BCUT2D eigenvalue weighted by Crippen LogP contribution is -2.53. The number of likely N-dealkylation sites (tertiary alicyclic amines) is 1. The molecule has 3 heterocycles. The van der Waals surface area contributed by atoms with Crippen molar-refractivity contribution in [2.75, 3.05) is 25.0 Å². The second kappa shape index (κ2) is 11.0. The molecule has 3 aliphatic rings. The van der Waals surface area contributed by atoms with E-state index >= 15 is 4.39 Å². The third-order valence-electron chi connectivity index (χ3n) is 8.04. The van der Waals surface area contributed by atoms with Crippen molar-refractivity contribution < 1.29 is 28.6 Å². The Balaban J connectivity index is 1.24. The maximum atomic E-state index is 15.1. The molecule has 0 saturated carbocycles. The van der Waals surface area contributed by atoms with Gasteiger partial charge in [0, 0.05) is 61.6 Å². The number of nitrogens with zero attached hydrogens (tertiary/aromatic N) is 2. The van der Waals surface area contributed by atoms with Crippen LogP contribution >= 0.6 is 0 Å². The molecule has 2 aromatic carbocycles. The molecule has 39 heavy (non-hydrogen) atoms. The number of aliphatic hydroxyl groups is 1. The number of ether oxygens (including phenoxy) is 1. The van der Waals surface area contributed by atoms with E-state index in [1.807, 2.05) is 13.0 Å². The van der Waals surface area contributed by atoms with Crippen LogP contribution in [0.2, 0.25) is 0 Å². The highest BCUT2D eigenvalue weighted by Crippen LogP contribution is 2.39. The molecule has 0 aromatic heterocycles. The molecule has 0 spiro atoms. The Kier molecular flexibility index (Phi) is 7.70. The average Bonchev–Trinajstić information content (AvgIpc) is 3.15. The van der Waals surface area contributed by atoms with Crippen LogP contribution in [0.25, 0.3) is 0 Å². The molecule has 3 N–H and O–H groups in total. The van der Waals surface area contributed by atoms with Crippen LogP contribution in [0.5, 0.6) is 0 Å². The number of amides is 3. The molecule has 2 aromatic rings. The van der Waals surface area contributed by atoms with Crippen molar-refractivity contribution in [3.63, 3.8) is 0 Å². The van der Waals surface area contributed by atoms with Crippen LogP contribution in [0.15, 0.2) is 36.4 Å².